The van der Waals surface area contributed by atoms with Gasteiger partial charge >= 0.3 is 6.09 Å². The molecule has 1 heterocycles. The van der Waals surface area contributed by atoms with Crippen LogP contribution in [0.25, 0.3) is 0 Å². The number of hydrogen-bond acceptors (Lipinski definition) is 4. The Morgan fingerprint density at radius 3 is 2.38 bits per heavy atom. The van der Waals surface area contributed by atoms with Crippen molar-refractivity contribution in [1.82, 2.24) is 20.4 Å². The van der Waals surface area contributed by atoms with Gasteiger partial charge in [-0.2, -0.15) is 0 Å². The van der Waals surface area contributed by atoms with E-state index in [0.29, 0.717) is 25.7 Å². The second-order valence-corrected chi connectivity index (χ2v) is 6.88. The summed E-state index contributed by atoms with van der Waals surface area (Å²) in [6.45, 7) is 4.58. The summed E-state index contributed by atoms with van der Waals surface area (Å²) < 4.78 is 5.05. The molecule has 1 saturated carbocycles. The number of amides is 2. The number of ether oxygens (including phenoxy) is 1. The predicted molar refractivity (Wildman–Crippen MR) is 112 cm³/mol. The van der Waals surface area contributed by atoms with E-state index in [1.807, 2.05) is 6.92 Å². The van der Waals surface area contributed by atoms with Crippen molar-refractivity contribution < 1.29 is 14.3 Å². The third-order valence-corrected chi connectivity index (χ3v) is 4.49. The van der Waals surface area contributed by atoms with Crippen LogP contribution in [0.4, 0.5) is 4.79 Å². The Labute approximate surface area is 173 Å². The molecule has 2 N–H and O–H groups in total. The number of carbonyl (C=O) groups excluding carboxylic acids is 2. The zero-order chi connectivity index (χ0) is 18.2. The summed E-state index contributed by atoms with van der Waals surface area (Å²) in [6.07, 6.45) is 3.96. The van der Waals surface area contributed by atoms with Gasteiger partial charge in [0.15, 0.2) is 5.96 Å². The maximum absolute atomic E-state index is 11.8. The van der Waals surface area contributed by atoms with Gasteiger partial charge in [-0.05, 0) is 38.5 Å². The number of nitrogens with zero attached hydrogens (tertiary/aromatic N) is 3. The van der Waals surface area contributed by atoms with Crippen LogP contribution in [0, 0.1) is 5.92 Å². The lowest BCUT2D eigenvalue weighted by Crippen LogP contribution is -2.50. The quantitative estimate of drug-likeness (QED) is 0.339. The lowest BCUT2D eigenvalue weighted by molar-refractivity contribution is -0.127. The number of likely N-dealkylation sites (tertiary alicyclic amines) is 1. The molecule has 1 aliphatic heterocycles. The van der Waals surface area contributed by atoms with E-state index in [1.54, 1.807) is 23.9 Å². The molecule has 0 spiro atoms. The summed E-state index contributed by atoms with van der Waals surface area (Å²) >= 11 is 0. The Bertz CT molecular complexity index is 489. The van der Waals surface area contributed by atoms with Crippen LogP contribution in [-0.4, -0.2) is 80.7 Å². The molecule has 0 bridgehead atoms. The van der Waals surface area contributed by atoms with Gasteiger partial charge in [0.25, 0.3) is 0 Å². The highest BCUT2D eigenvalue weighted by molar-refractivity contribution is 14.0. The highest BCUT2D eigenvalue weighted by Crippen LogP contribution is 2.27. The minimum absolute atomic E-state index is 0. The number of carbonyl (C=O) groups is 2. The molecule has 2 aliphatic rings. The number of nitrogens with one attached hydrogen (secondary N) is 2. The van der Waals surface area contributed by atoms with Gasteiger partial charge in [0, 0.05) is 39.8 Å². The van der Waals surface area contributed by atoms with Gasteiger partial charge in [-0.1, -0.05) is 0 Å². The molecule has 0 aromatic rings. The Kier molecular flexibility index (Phi) is 10.0. The highest BCUT2D eigenvalue weighted by Gasteiger charge is 2.25. The first kappa shape index (κ1) is 22.8. The highest BCUT2D eigenvalue weighted by atomic mass is 127. The maximum Gasteiger partial charge on any atom is 0.409 e. The molecule has 26 heavy (non-hydrogen) atoms. The molecule has 0 unspecified atom stereocenters. The van der Waals surface area contributed by atoms with E-state index in [4.69, 9.17) is 4.74 Å². The van der Waals surface area contributed by atoms with Crippen molar-refractivity contribution in [2.45, 2.75) is 38.6 Å². The largest absolute Gasteiger partial charge is 0.450 e. The van der Waals surface area contributed by atoms with Crippen LogP contribution in [0.1, 0.15) is 32.6 Å². The molecule has 0 atom stereocenters. The second kappa shape index (κ2) is 11.5. The van der Waals surface area contributed by atoms with Crippen molar-refractivity contribution in [3.8, 4) is 0 Å². The average Bonchev–Trinajstić information content (AvgIpc) is 3.42. The van der Waals surface area contributed by atoms with Crippen LogP contribution >= 0.6 is 24.0 Å². The smallest absolute Gasteiger partial charge is 0.409 e. The summed E-state index contributed by atoms with van der Waals surface area (Å²) in [4.78, 5) is 31.2. The number of guanidine groups is 1. The zero-order valence-corrected chi connectivity index (χ0v) is 18.3. The molecular weight excluding hydrogens is 449 g/mol. The van der Waals surface area contributed by atoms with Crippen LogP contribution in [0.2, 0.25) is 0 Å². The Balaban J connectivity index is 0.00000338. The average molecular weight is 481 g/mol. The van der Waals surface area contributed by atoms with Crippen molar-refractivity contribution in [2.24, 2.45) is 10.9 Å². The molecule has 1 aliphatic carbocycles. The first-order valence-electron chi connectivity index (χ1n) is 9.16. The van der Waals surface area contributed by atoms with E-state index in [1.165, 1.54) is 12.8 Å². The third kappa shape index (κ3) is 7.96. The SMILES string of the molecule is CCOC(=O)N1CCC(NC(=NCC(=O)N(C)C)NCC2CC2)CC1.I. The summed E-state index contributed by atoms with van der Waals surface area (Å²) in [5, 5.41) is 6.75. The van der Waals surface area contributed by atoms with Crippen molar-refractivity contribution >= 4 is 41.9 Å². The number of likely N-dealkylation sites (N-methyl/N-ethyl adjacent to an activating group) is 1. The van der Waals surface area contributed by atoms with Gasteiger partial charge in [-0.3, -0.25) is 4.79 Å². The van der Waals surface area contributed by atoms with Crippen molar-refractivity contribution in [2.75, 3.05) is 46.9 Å². The molecule has 2 amide bonds. The van der Waals surface area contributed by atoms with Crippen LogP contribution in [-0.2, 0) is 9.53 Å². The molecular formula is C17H32IN5O3. The van der Waals surface area contributed by atoms with Crippen LogP contribution in [0.15, 0.2) is 4.99 Å². The van der Waals surface area contributed by atoms with E-state index in [2.05, 4.69) is 15.6 Å². The standard InChI is InChI=1S/C17H31N5O3.HI/c1-4-25-17(24)22-9-7-14(8-10-22)20-16(18-11-13-5-6-13)19-12-15(23)21(2)3;/h13-14H,4-12H2,1-3H3,(H2,18,19,20);1H. The number of aliphatic imine (C=N–C) groups is 1. The lowest BCUT2D eigenvalue weighted by Gasteiger charge is -2.32. The van der Waals surface area contributed by atoms with E-state index in [9.17, 15) is 9.59 Å². The summed E-state index contributed by atoms with van der Waals surface area (Å²) in [6, 6.07) is 0.241. The first-order valence-corrected chi connectivity index (χ1v) is 9.16. The number of hydrogen-bond donors (Lipinski definition) is 2. The molecule has 2 fully saturated rings. The lowest BCUT2D eigenvalue weighted by atomic mass is 10.1. The van der Waals surface area contributed by atoms with Gasteiger partial charge < -0.3 is 25.2 Å². The molecule has 9 heteroatoms. The van der Waals surface area contributed by atoms with Crippen LogP contribution < -0.4 is 10.6 Å². The minimum atomic E-state index is -0.238. The predicted octanol–water partition coefficient (Wildman–Crippen LogP) is 1.26. The van der Waals surface area contributed by atoms with Crippen LogP contribution in [0.3, 0.4) is 0 Å². The Hall–Kier alpha value is -1.26. The number of halogens is 1. The summed E-state index contributed by atoms with van der Waals surface area (Å²) in [5.74, 6) is 1.39. The second-order valence-electron chi connectivity index (χ2n) is 6.88. The monoisotopic (exact) mass is 481 g/mol. The van der Waals surface area contributed by atoms with E-state index in [0.717, 1.165) is 25.3 Å². The van der Waals surface area contributed by atoms with Crippen molar-refractivity contribution in [3.63, 3.8) is 0 Å². The number of rotatable bonds is 6. The van der Waals surface area contributed by atoms with Gasteiger partial charge in [0.2, 0.25) is 5.91 Å². The molecule has 0 aromatic carbocycles. The normalized spacial score (nSPS) is 18.0. The molecule has 8 nitrogen and oxygen atoms in total. The van der Waals surface area contributed by atoms with Crippen molar-refractivity contribution in [3.05, 3.63) is 0 Å². The van der Waals surface area contributed by atoms with E-state index >= 15 is 0 Å². The fourth-order valence-corrected chi connectivity index (χ4v) is 2.62. The molecule has 1 saturated heterocycles. The van der Waals surface area contributed by atoms with E-state index < -0.39 is 0 Å². The Morgan fingerprint density at radius 2 is 1.85 bits per heavy atom. The van der Waals surface area contributed by atoms with E-state index in [-0.39, 0.29) is 48.6 Å². The summed E-state index contributed by atoms with van der Waals surface area (Å²) in [5.41, 5.74) is 0. The third-order valence-electron chi connectivity index (χ3n) is 4.49. The fourth-order valence-electron chi connectivity index (χ4n) is 2.62. The zero-order valence-electron chi connectivity index (χ0n) is 16.0. The van der Waals surface area contributed by atoms with Gasteiger partial charge in [0.1, 0.15) is 6.54 Å². The molecule has 0 aromatic heterocycles. The van der Waals surface area contributed by atoms with Crippen molar-refractivity contribution in [1.29, 1.82) is 0 Å². The molecule has 2 rings (SSSR count). The van der Waals surface area contributed by atoms with Gasteiger partial charge in [-0.25, -0.2) is 9.79 Å². The molecule has 150 valence electrons. The topological polar surface area (TPSA) is 86.3 Å². The Morgan fingerprint density at radius 1 is 1.19 bits per heavy atom. The first-order chi connectivity index (χ1) is 12.0. The van der Waals surface area contributed by atoms with Gasteiger partial charge in [-0.15, -0.1) is 24.0 Å². The summed E-state index contributed by atoms with van der Waals surface area (Å²) in [7, 11) is 3.46. The van der Waals surface area contributed by atoms with Crippen LogP contribution in [0.5, 0.6) is 0 Å². The minimum Gasteiger partial charge on any atom is -0.450 e. The fraction of sp³-hybridized carbons (Fsp3) is 0.824. The van der Waals surface area contributed by atoms with Gasteiger partial charge in [0.05, 0.1) is 6.61 Å². The maximum atomic E-state index is 11.8. The molecule has 0 radical (unpaired) electrons. The number of piperidine rings is 1.